The molecule has 4 heteroatoms. The third-order valence-electron chi connectivity index (χ3n) is 1.55. The van der Waals surface area contributed by atoms with E-state index in [1.807, 2.05) is 12.1 Å². The number of rotatable bonds is 2. The van der Waals surface area contributed by atoms with Crippen molar-refractivity contribution in [1.82, 2.24) is 0 Å². The Hall–Kier alpha value is 0.160. The first-order chi connectivity index (χ1) is 5.65. The second-order valence-electron chi connectivity index (χ2n) is 2.45. The minimum atomic E-state index is -0.382. The van der Waals surface area contributed by atoms with E-state index in [0.29, 0.717) is 5.02 Å². The van der Waals surface area contributed by atoms with Gasteiger partial charge in [-0.2, -0.15) is 0 Å². The molecular weight excluding hydrogens is 288 g/mol. The summed E-state index contributed by atoms with van der Waals surface area (Å²) in [6, 6.07) is 5.18. The molecule has 1 atom stereocenters. The normalized spacial score (nSPS) is 13.0. The lowest BCUT2D eigenvalue weighted by Gasteiger charge is -2.10. The van der Waals surface area contributed by atoms with Crippen LogP contribution in [0.5, 0.6) is 0 Å². The standard InChI is InChI=1S/C8H9ClINO/c9-7-2-1-5(10)3-6(7)8(11)4-12/h1-3,8,12H,4,11H2/t8-/m0/s1. The maximum absolute atomic E-state index is 8.82. The molecule has 12 heavy (non-hydrogen) atoms. The number of aliphatic hydroxyl groups is 1. The minimum absolute atomic E-state index is 0.0835. The van der Waals surface area contributed by atoms with Crippen molar-refractivity contribution in [3.05, 3.63) is 32.4 Å². The molecule has 0 spiro atoms. The van der Waals surface area contributed by atoms with Gasteiger partial charge < -0.3 is 10.8 Å². The van der Waals surface area contributed by atoms with E-state index in [2.05, 4.69) is 22.6 Å². The van der Waals surface area contributed by atoms with Crippen LogP contribution < -0.4 is 5.73 Å². The summed E-state index contributed by atoms with van der Waals surface area (Å²) >= 11 is 8.05. The Morgan fingerprint density at radius 1 is 1.58 bits per heavy atom. The van der Waals surface area contributed by atoms with Gasteiger partial charge in [0.2, 0.25) is 0 Å². The van der Waals surface area contributed by atoms with Gasteiger partial charge in [0.15, 0.2) is 0 Å². The van der Waals surface area contributed by atoms with Gasteiger partial charge in [-0.15, -0.1) is 0 Å². The topological polar surface area (TPSA) is 46.2 Å². The van der Waals surface area contributed by atoms with Crippen molar-refractivity contribution in [2.45, 2.75) is 6.04 Å². The number of benzene rings is 1. The van der Waals surface area contributed by atoms with Crippen LogP contribution >= 0.6 is 34.2 Å². The summed E-state index contributed by atoms with van der Waals surface area (Å²) in [5.41, 5.74) is 6.42. The van der Waals surface area contributed by atoms with Crippen LogP contribution in [0.3, 0.4) is 0 Å². The van der Waals surface area contributed by atoms with Crippen LogP contribution in [0.2, 0.25) is 5.02 Å². The lowest BCUT2D eigenvalue weighted by molar-refractivity contribution is 0.268. The van der Waals surface area contributed by atoms with Gasteiger partial charge in [-0.1, -0.05) is 11.6 Å². The Morgan fingerprint density at radius 2 is 2.25 bits per heavy atom. The van der Waals surface area contributed by atoms with Crippen molar-refractivity contribution in [3.8, 4) is 0 Å². The average molecular weight is 298 g/mol. The zero-order valence-electron chi connectivity index (χ0n) is 6.30. The molecule has 0 aromatic heterocycles. The SMILES string of the molecule is N[C@@H](CO)c1cc(I)ccc1Cl. The maximum Gasteiger partial charge on any atom is 0.0624 e. The van der Waals surface area contributed by atoms with Crippen LogP contribution in [0, 0.1) is 3.57 Å². The smallest absolute Gasteiger partial charge is 0.0624 e. The molecule has 0 saturated heterocycles. The summed E-state index contributed by atoms with van der Waals surface area (Å²) in [7, 11) is 0. The molecule has 0 radical (unpaired) electrons. The van der Waals surface area contributed by atoms with Crippen molar-refractivity contribution in [1.29, 1.82) is 0 Å². The molecule has 0 unspecified atom stereocenters. The number of hydrogen-bond acceptors (Lipinski definition) is 2. The third kappa shape index (κ3) is 2.32. The first-order valence-electron chi connectivity index (χ1n) is 3.46. The first kappa shape index (κ1) is 10.2. The van der Waals surface area contributed by atoms with E-state index < -0.39 is 0 Å². The predicted octanol–water partition coefficient (Wildman–Crippen LogP) is 1.94. The highest BCUT2D eigenvalue weighted by Crippen LogP contribution is 2.23. The Kier molecular flexibility index (Phi) is 3.77. The largest absolute Gasteiger partial charge is 0.394 e. The fourth-order valence-corrected chi connectivity index (χ4v) is 1.67. The molecule has 1 rings (SSSR count). The third-order valence-corrected chi connectivity index (χ3v) is 2.57. The molecular formula is C8H9ClINO. The fourth-order valence-electron chi connectivity index (χ4n) is 0.897. The van der Waals surface area contributed by atoms with Gasteiger partial charge >= 0.3 is 0 Å². The molecule has 2 nitrogen and oxygen atoms in total. The van der Waals surface area contributed by atoms with Crippen molar-refractivity contribution in [2.75, 3.05) is 6.61 Å². The Morgan fingerprint density at radius 3 is 2.83 bits per heavy atom. The second kappa shape index (κ2) is 4.41. The number of hydrogen-bond donors (Lipinski definition) is 2. The highest BCUT2D eigenvalue weighted by atomic mass is 127. The van der Waals surface area contributed by atoms with Crippen molar-refractivity contribution in [3.63, 3.8) is 0 Å². The zero-order valence-corrected chi connectivity index (χ0v) is 9.21. The number of nitrogens with two attached hydrogens (primary N) is 1. The Balaban J connectivity index is 3.04. The summed E-state index contributed by atoms with van der Waals surface area (Å²) in [6.45, 7) is -0.0835. The van der Waals surface area contributed by atoms with E-state index in [1.54, 1.807) is 6.07 Å². The molecule has 1 aromatic rings. The molecule has 0 aliphatic rings. The van der Waals surface area contributed by atoms with Gasteiger partial charge in [0, 0.05) is 8.59 Å². The zero-order chi connectivity index (χ0) is 9.14. The van der Waals surface area contributed by atoms with Gasteiger partial charge in [-0.3, -0.25) is 0 Å². The van der Waals surface area contributed by atoms with Crippen molar-refractivity contribution >= 4 is 34.2 Å². The molecule has 0 heterocycles. The molecule has 0 amide bonds. The van der Waals surface area contributed by atoms with Gasteiger partial charge in [-0.25, -0.2) is 0 Å². The van der Waals surface area contributed by atoms with E-state index in [-0.39, 0.29) is 12.6 Å². The van der Waals surface area contributed by atoms with Gasteiger partial charge in [-0.05, 0) is 46.4 Å². The molecule has 1 aromatic carbocycles. The van der Waals surface area contributed by atoms with E-state index in [0.717, 1.165) is 9.13 Å². The van der Waals surface area contributed by atoms with Crippen molar-refractivity contribution in [2.24, 2.45) is 5.73 Å². The molecule has 0 bridgehead atoms. The second-order valence-corrected chi connectivity index (χ2v) is 4.11. The van der Waals surface area contributed by atoms with Crippen LogP contribution in [0.1, 0.15) is 11.6 Å². The molecule has 66 valence electrons. The molecule has 0 saturated carbocycles. The molecule has 0 aliphatic carbocycles. The molecule has 0 aliphatic heterocycles. The quantitative estimate of drug-likeness (QED) is 0.820. The summed E-state index contributed by atoms with van der Waals surface area (Å²) < 4.78 is 1.07. The maximum atomic E-state index is 8.82. The first-order valence-corrected chi connectivity index (χ1v) is 4.92. The summed E-state index contributed by atoms with van der Waals surface area (Å²) in [6.07, 6.45) is 0. The highest BCUT2D eigenvalue weighted by molar-refractivity contribution is 14.1. The summed E-state index contributed by atoms with van der Waals surface area (Å²) in [4.78, 5) is 0. The monoisotopic (exact) mass is 297 g/mol. The number of halogens is 2. The van der Waals surface area contributed by atoms with Gasteiger partial charge in [0.25, 0.3) is 0 Å². The number of aliphatic hydroxyl groups excluding tert-OH is 1. The lowest BCUT2D eigenvalue weighted by atomic mass is 10.1. The van der Waals surface area contributed by atoms with Crippen LogP contribution in [0.25, 0.3) is 0 Å². The van der Waals surface area contributed by atoms with E-state index in [4.69, 9.17) is 22.4 Å². The van der Waals surface area contributed by atoms with E-state index in [9.17, 15) is 0 Å². The van der Waals surface area contributed by atoms with E-state index in [1.165, 1.54) is 0 Å². The van der Waals surface area contributed by atoms with Crippen molar-refractivity contribution < 1.29 is 5.11 Å². The average Bonchev–Trinajstić information content (AvgIpc) is 2.08. The lowest BCUT2D eigenvalue weighted by Crippen LogP contribution is -2.14. The predicted molar refractivity (Wildman–Crippen MR) is 58.2 cm³/mol. The highest BCUT2D eigenvalue weighted by Gasteiger charge is 2.08. The van der Waals surface area contributed by atoms with E-state index >= 15 is 0 Å². The fraction of sp³-hybridized carbons (Fsp3) is 0.250. The van der Waals surface area contributed by atoms with Gasteiger partial charge in [0.05, 0.1) is 12.6 Å². The summed E-state index contributed by atoms with van der Waals surface area (Å²) in [5.74, 6) is 0. The van der Waals surface area contributed by atoms with Crippen LogP contribution in [0.4, 0.5) is 0 Å². The summed E-state index contributed by atoms with van der Waals surface area (Å²) in [5, 5.41) is 9.43. The van der Waals surface area contributed by atoms with Crippen LogP contribution in [-0.2, 0) is 0 Å². The minimum Gasteiger partial charge on any atom is -0.394 e. The van der Waals surface area contributed by atoms with Crippen LogP contribution in [0.15, 0.2) is 18.2 Å². The Labute approximate surface area is 89.9 Å². The molecule has 0 fully saturated rings. The Bertz CT molecular complexity index is 280. The van der Waals surface area contributed by atoms with Crippen LogP contribution in [-0.4, -0.2) is 11.7 Å². The molecule has 3 N–H and O–H groups in total. The van der Waals surface area contributed by atoms with Gasteiger partial charge in [0.1, 0.15) is 0 Å².